The van der Waals surface area contributed by atoms with Crippen LogP contribution in [0.15, 0.2) is 30.3 Å². The molecule has 1 N–H and O–H groups in total. The second-order valence-electron chi connectivity index (χ2n) is 5.60. The summed E-state index contributed by atoms with van der Waals surface area (Å²) in [6.45, 7) is 5.25. The maximum Gasteiger partial charge on any atom is 0.412 e. The molecule has 4 nitrogen and oxygen atoms in total. The molecular formula is C16H15FN2O2S. The molecule has 22 heavy (non-hydrogen) atoms. The smallest absolute Gasteiger partial charge is 0.412 e. The summed E-state index contributed by atoms with van der Waals surface area (Å²) in [5.74, 6) is -0.472. The van der Waals surface area contributed by atoms with Crippen molar-refractivity contribution in [2.45, 2.75) is 26.4 Å². The molecule has 0 spiro atoms. The summed E-state index contributed by atoms with van der Waals surface area (Å²) in [4.78, 5) is 12.8. The van der Waals surface area contributed by atoms with Gasteiger partial charge < -0.3 is 4.74 Å². The van der Waals surface area contributed by atoms with E-state index in [1.807, 2.05) is 6.07 Å². The van der Waals surface area contributed by atoms with E-state index in [2.05, 4.69) is 5.32 Å². The van der Waals surface area contributed by atoms with E-state index in [0.29, 0.717) is 21.0 Å². The molecule has 0 saturated heterocycles. The maximum absolute atomic E-state index is 14.2. The topological polar surface area (TPSA) is 62.1 Å². The minimum atomic E-state index is -0.637. The van der Waals surface area contributed by atoms with Crippen LogP contribution in [0.3, 0.4) is 0 Å². The predicted molar refractivity (Wildman–Crippen MR) is 84.3 cm³/mol. The maximum atomic E-state index is 14.2. The van der Waals surface area contributed by atoms with Gasteiger partial charge in [-0.25, -0.2) is 9.18 Å². The molecule has 1 heterocycles. The lowest BCUT2D eigenvalue weighted by Gasteiger charge is -2.19. The zero-order valence-corrected chi connectivity index (χ0v) is 13.3. The molecule has 0 unspecified atom stereocenters. The molecule has 0 bridgehead atoms. The largest absolute Gasteiger partial charge is 0.444 e. The van der Waals surface area contributed by atoms with Gasteiger partial charge in [-0.05, 0) is 51.1 Å². The highest BCUT2D eigenvalue weighted by molar-refractivity contribution is 7.16. The van der Waals surface area contributed by atoms with E-state index in [4.69, 9.17) is 10.00 Å². The first kappa shape index (κ1) is 16.0. The summed E-state index contributed by atoms with van der Waals surface area (Å²) < 4.78 is 19.3. The Balaban J connectivity index is 2.16. The number of nitrogens with zero attached hydrogens (tertiary/aromatic N) is 1. The molecule has 2 rings (SSSR count). The Kier molecular flexibility index (Phi) is 4.48. The first-order valence-corrected chi connectivity index (χ1v) is 7.40. The van der Waals surface area contributed by atoms with Gasteiger partial charge in [0.25, 0.3) is 0 Å². The summed E-state index contributed by atoms with van der Waals surface area (Å²) in [6, 6.07) is 9.74. The third-order valence-electron chi connectivity index (χ3n) is 2.60. The molecular weight excluding hydrogens is 303 g/mol. The number of carbonyl (C=O) groups excluding carboxylic acids is 1. The van der Waals surface area contributed by atoms with Gasteiger partial charge in [0.15, 0.2) is 0 Å². The number of amides is 1. The Labute approximate surface area is 132 Å². The Hall–Kier alpha value is -2.39. The summed E-state index contributed by atoms with van der Waals surface area (Å²) in [7, 11) is 0. The van der Waals surface area contributed by atoms with Crippen molar-refractivity contribution in [2.75, 3.05) is 5.32 Å². The van der Waals surface area contributed by atoms with Crippen LogP contribution in [-0.4, -0.2) is 11.7 Å². The van der Waals surface area contributed by atoms with Crippen LogP contribution < -0.4 is 5.32 Å². The van der Waals surface area contributed by atoms with Crippen LogP contribution in [0, 0.1) is 17.1 Å². The Morgan fingerprint density at radius 1 is 1.32 bits per heavy atom. The Morgan fingerprint density at radius 2 is 2.05 bits per heavy atom. The van der Waals surface area contributed by atoms with Gasteiger partial charge in [-0.1, -0.05) is 0 Å². The number of nitrogens with one attached hydrogen (secondary N) is 1. The monoisotopic (exact) mass is 318 g/mol. The van der Waals surface area contributed by atoms with Gasteiger partial charge in [-0.3, -0.25) is 5.32 Å². The highest BCUT2D eigenvalue weighted by atomic mass is 32.1. The van der Waals surface area contributed by atoms with Crippen LogP contribution in [-0.2, 0) is 4.74 Å². The van der Waals surface area contributed by atoms with Gasteiger partial charge in [0, 0.05) is 16.1 Å². The van der Waals surface area contributed by atoms with Gasteiger partial charge in [-0.15, -0.1) is 11.3 Å². The molecule has 2 aromatic rings. The van der Waals surface area contributed by atoms with Crippen LogP contribution in [0.2, 0.25) is 0 Å². The van der Waals surface area contributed by atoms with Crippen molar-refractivity contribution in [2.24, 2.45) is 0 Å². The van der Waals surface area contributed by atoms with E-state index in [0.717, 1.165) is 0 Å². The van der Waals surface area contributed by atoms with Gasteiger partial charge in [0.2, 0.25) is 0 Å². The second kappa shape index (κ2) is 6.16. The number of hydrogen-bond donors (Lipinski definition) is 1. The van der Waals surface area contributed by atoms with Crippen LogP contribution in [0.5, 0.6) is 0 Å². The minimum Gasteiger partial charge on any atom is -0.444 e. The molecule has 6 heteroatoms. The molecule has 0 aliphatic carbocycles. The molecule has 0 saturated carbocycles. The zero-order chi connectivity index (χ0) is 16.3. The van der Waals surface area contributed by atoms with Crippen molar-refractivity contribution in [1.82, 2.24) is 0 Å². The van der Waals surface area contributed by atoms with Crippen molar-refractivity contribution in [1.29, 1.82) is 5.26 Å². The lowest BCUT2D eigenvalue weighted by atomic mass is 10.1. The predicted octanol–water partition coefficient (Wildman–Crippen LogP) is 4.77. The number of nitriles is 1. The number of carbonyl (C=O) groups is 1. The normalized spacial score (nSPS) is 10.9. The van der Waals surface area contributed by atoms with Gasteiger partial charge in [-0.2, -0.15) is 5.26 Å². The number of anilines is 1. The SMILES string of the molecule is CC(C)(C)OC(=O)Nc1ccc(-c2ccc(C#N)s2)c(F)c1. The van der Waals surface area contributed by atoms with Crippen molar-refractivity contribution in [3.8, 4) is 16.5 Å². The molecule has 1 aromatic heterocycles. The van der Waals surface area contributed by atoms with Crippen LogP contribution in [0.1, 0.15) is 25.6 Å². The standard InChI is InChI=1S/C16H15FN2O2S/c1-16(2,3)21-15(20)19-10-4-6-12(13(17)8-10)14-7-5-11(9-18)22-14/h4-8H,1-3H3,(H,19,20). The fourth-order valence-electron chi connectivity index (χ4n) is 1.76. The summed E-state index contributed by atoms with van der Waals surface area (Å²) in [5, 5.41) is 11.3. The molecule has 114 valence electrons. The first-order chi connectivity index (χ1) is 10.3. The molecule has 1 aromatic carbocycles. The molecule has 0 radical (unpaired) electrons. The van der Waals surface area contributed by atoms with Gasteiger partial charge in [0.1, 0.15) is 22.4 Å². The van der Waals surface area contributed by atoms with Gasteiger partial charge in [0.05, 0.1) is 0 Å². The van der Waals surface area contributed by atoms with Crippen LogP contribution >= 0.6 is 11.3 Å². The van der Waals surface area contributed by atoms with Gasteiger partial charge >= 0.3 is 6.09 Å². The van der Waals surface area contributed by atoms with E-state index >= 15 is 0 Å². The first-order valence-electron chi connectivity index (χ1n) is 6.58. The van der Waals surface area contributed by atoms with E-state index in [1.165, 1.54) is 17.4 Å². The third kappa shape index (κ3) is 4.06. The second-order valence-corrected chi connectivity index (χ2v) is 6.68. The highest BCUT2D eigenvalue weighted by Crippen LogP contribution is 2.31. The van der Waals surface area contributed by atoms with Crippen LogP contribution in [0.4, 0.5) is 14.9 Å². The van der Waals surface area contributed by atoms with E-state index in [1.54, 1.807) is 45.0 Å². The van der Waals surface area contributed by atoms with E-state index < -0.39 is 17.5 Å². The molecule has 1 amide bonds. The van der Waals surface area contributed by atoms with Crippen molar-refractivity contribution < 1.29 is 13.9 Å². The van der Waals surface area contributed by atoms with Crippen molar-refractivity contribution in [3.63, 3.8) is 0 Å². The number of ether oxygens (including phenoxy) is 1. The number of benzene rings is 1. The Morgan fingerprint density at radius 3 is 2.59 bits per heavy atom. The van der Waals surface area contributed by atoms with Crippen molar-refractivity contribution in [3.05, 3.63) is 41.0 Å². The average Bonchev–Trinajstić information content (AvgIpc) is 2.85. The third-order valence-corrected chi connectivity index (χ3v) is 3.62. The number of thiophene rings is 1. The summed E-state index contributed by atoms with van der Waals surface area (Å²) in [5.41, 5.74) is 0.0848. The lowest BCUT2D eigenvalue weighted by Crippen LogP contribution is -2.27. The fourth-order valence-corrected chi connectivity index (χ4v) is 2.59. The Bertz CT molecular complexity index is 741. The zero-order valence-electron chi connectivity index (χ0n) is 12.4. The number of halogens is 1. The van der Waals surface area contributed by atoms with Crippen LogP contribution in [0.25, 0.3) is 10.4 Å². The van der Waals surface area contributed by atoms with E-state index in [-0.39, 0.29) is 0 Å². The van der Waals surface area contributed by atoms with E-state index in [9.17, 15) is 9.18 Å². The molecule has 0 atom stereocenters. The minimum absolute atomic E-state index is 0.313. The quantitative estimate of drug-likeness (QED) is 0.867. The van der Waals surface area contributed by atoms with Crippen molar-refractivity contribution >= 4 is 23.1 Å². The lowest BCUT2D eigenvalue weighted by molar-refractivity contribution is 0.0636. The molecule has 0 fully saturated rings. The summed E-state index contributed by atoms with van der Waals surface area (Å²) >= 11 is 1.21. The molecule has 0 aliphatic heterocycles. The fraction of sp³-hybridized carbons (Fsp3) is 0.250. The molecule has 0 aliphatic rings. The highest BCUT2D eigenvalue weighted by Gasteiger charge is 2.17. The number of rotatable bonds is 2. The summed E-state index contributed by atoms with van der Waals surface area (Å²) in [6.07, 6.45) is -0.637. The average molecular weight is 318 g/mol. The number of hydrogen-bond acceptors (Lipinski definition) is 4.